The molecule has 157 valence electrons. The van der Waals surface area contributed by atoms with Gasteiger partial charge in [-0.1, -0.05) is 82.5 Å². The van der Waals surface area contributed by atoms with Crippen LogP contribution in [0.1, 0.15) is 83.1 Å². The van der Waals surface area contributed by atoms with Crippen molar-refractivity contribution in [1.29, 1.82) is 0 Å². The molecule has 28 heavy (non-hydrogen) atoms. The highest BCUT2D eigenvalue weighted by atomic mass is 28.3. The summed E-state index contributed by atoms with van der Waals surface area (Å²) in [6.45, 7) is 2.33. The van der Waals surface area contributed by atoms with Crippen LogP contribution in [-0.4, -0.2) is 8.80 Å². The Hall–Kier alpha value is -0.703. The third kappa shape index (κ3) is 6.68. The van der Waals surface area contributed by atoms with E-state index in [1.165, 1.54) is 63.5 Å². The maximum Gasteiger partial charge on any atom is 0.159 e. The van der Waals surface area contributed by atoms with Crippen molar-refractivity contribution in [2.45, 2.75) is 102 Å². The Labute approximate surface area is 173 Å². The molecular formula is C25H39F2Si. The Morgan fingerprint density at radius 2 is 1.57 bits per heavy atom. The number of benzene rings is 1. The molecule has 1 radical (unpaired) electrons. The molecular weight excluding hydrogens is 366 g/mol. The number of rotatable bonds is 9. The summed E-state index contributed by atoms with van der Waals surface area (Å²) in [7, 11) is 0.0217. The standard InChI is InChI=1S/C25H39F2Si/c1-2-3-16-28-17-14-23(15-18-28)22-11-8-20(9-12-22)6-4-5-7-21-10-13-24(26)25(27)19-21/h10,13,19-20,22-23H,2-9,11-12,14-18H2,1H3. The lowest BCUT2D eigenvalue weighted by atomic mass is 9.73. The van der Waals surface area contributed by atoms with Gasteiger partial charge in [-0.2, -0.15) is 0 Å². The quantitative estimate of drug-likeness (QED) is 0.287. The largest absolute Gasteiger partial charge is 0.204 e. The first-order valence-corrected chi connectivity index (χ1v) is 14.0. The SMILES string of the molecule is CCCC[Si]1CCC(C2CCC(CCCCc3ccc(F)c(F)c3)CC2)CC1. The van der Waals surface area contributed by atoms with Crippen LogP contribution in [0.15, 0.2) is 18.2 Å². The van der Waals surface area contributed by atoms with E-state index in [1.54, 1.807) is 37.0 Å². The van der Waals surface area contributed by atoms with Crippen molar-refractivity contribution in [2.75, 3.05) is 0 Å². The number of aryl methyl sites for hydroxylation is 1. The predicted octanol–water partition coefficient (Wildman–Crippen LogP) is 8.19. The first-order chi connectivity index (χ1) is 13.7. The molecule has 3 heteroatoms. The minimum absolute atomic E-state index is 0.0217. The zero-order chi connectivity index (χ0) is 19.8. The number of hydrogen-bond acceptors (Lipinski definition) is 0. The molecule has 1 aromatic carbocycles. The van der Waals surface area contributed by atoms with Crippen LogP contribution >= 0.6 is 0 Å². The van der Waals surface area contributed by atoms with E-state index >= 15 is 0 Å². The molecule has 3 rings (SSSR count). The van der Waals surface area contributed by atoms with E-state index in [0.29, 0.717) is 0 Å². The second-order valence-corrected chi connectivity index (χ2v) is 12.5. The highest BCUT2D eigenvalue weighted by molar-refractivity contribution is 6.58. The van der Waals surface area contributed by atoms with Crippen molar-refractivity contribution in [3.8, 4) is 0 Å². The first kappa shape index (κ1) is 22.0. The van der Waals surface area contributed by atoms with E-state index in [9.17, 15) is 8.78 Å². The Bertz CT molecular complexity index is 572. The normalized spacial score (nSPS) is 24.5. The van der Waals surface area contributed by atoms with Gasteiger partial charge in [0.1, 0.15) is 0 Å². The van der Waals surface area contributed by atoms with Gasteiger partial charge in [-0.05, 0) is 61.1 Å². The average Bonchev–Trinajstić information content (AvgIpc) is 2.73. The summed E-state index contributed by atoms with van der Waals surface area (Å²) in [5, 5.41) is 0. The summed E-state index contributed by atoms with van der Waals surface area (Å²) in [6.07, 6.45) is 16.2. The second-order valence-electron chi connectivity index (χ2n) is 9.47. The van der Waals surface area contributed by atoms with Gasteiger partial charge in [0.15, 0.2) is 11.6 Å². The lowest BCUT2D eigenvalue weighted by Gasteiger charge is -2.37. The molecule has 0 amide bonds. The van der Waals surface area contributed by atoms with Crippen molar-refractivity contribution in [3.63, 3.8) is 0 Å². The molecule has 0 nitrogen and oxygen atoms in total. The van der Waals surface area contributed by atoms with E-state index in [2.05, 4.69) is 6.92 Å². The van der Waals surface area contributed by atoms with E-state index in [1.807, 2.05) is 0 Å². The van der Waals surface area contributed by atoms with Gasteiger partial charge in [-0.3, -0.25) is 0 Å². The smallest absolute Gasteiger partial charge is 0.159 e. The molecule has 2 fully saturated rings. The number of halogens is 2. The number of unbranched alkanes of at least 4 members (excludes halogenated alkanes) is 2. The molecule has 1 saturated heterocycles. The first-order valence-electron chi connectivity index (χ1n) is 11.9. The Kier molecular flexibility index (Phi) is 9.01. The van der Waals surface area contributed by atoms with Crippen LogP contribution in [-0.2, 0) is 6.42 Å². The monoisotopic (exact) mass is 405 g/mol. The molecule has 0 spiro atoms. The predicted molar refractivity (Wildman–Crippen MR) is 117 cm³/mol. The third-order valence-electron chi connectivity index (χ3n) is 7.49. The van der Waals surface area contributed by atoms with Gasteiger partial charge in [0.05, 0.1) is 0 Å². The van der Waals surface area contributed by atoms with Crippen molar-refractivity contribution >= 4 is 8.80 Å². The van der Waals surface area contributed by atoms with Crippen LogP contribution in [0.4, 0.5) is 8.78 Å². The summed E-state index contributed by atoms with van der Waals surface area (Å²) in [5.74, 6) is 1.53. The van der Waals surface area contributed by atoms with Gasteiger partial charge >= 0.3 is 0 Å². The molecule has 2 aliphatic rings. The summed E-state index contributed by atoms with van der Waals surface area (Å²) in [6, 6.07) is 9.11. The Morgan fingerprint density at radius 1 is 0.857 bits per heavy atom. The number of hydrogen-bond donors (Lipinski definition) is 0. The van der Waals surface area contributed by atoms with Gasteiger partial charge in [0, 0.05) is 8.80 Å². The average molecular weight is 406 g/mol. The fraction of sp³-hybridized carbons (Fsp3) is 0.760. The zero-order valence-corrected chi connectivity index (χ0v) is 18.8. The van der Waals surface area contributed by atoms with Crippen molar-refractivity contribution in [1.82, 2.24) is 0 Å². The van der Waals surface area contributed by atoms with E-state index in [-0.39, 0.29) is 8.80 Å². The summed E-state index contributed by atoms with van der Waals surface area (Å²) in [5.41, 5.74) is 0.930. The van der Waals surface area contributed by atoms with Crippen LogP contribution in [0, 0.1) is 29.4 Å². The molecule has 0 N–H and O–H groups in total. The van der Waals surface area contributed by atoms with Crippen LogP contribution < -0.4 is 0 Å². The van der Waals surface area contributed by atoms with Crippen LogP contribution in [0.3, 0.4) is 0 Å². The van der Waals surface area contributed by atoms with Gasteiger partial charge in [-0.15, -0.1) is 0 Å². The summed E-state index contributed by atoms with van der Waals surface area (Å²) in [4.78, 5) is 0. The van der Waals surface area contributed by atoms with E-state index < -0.39 is 11.6 Å². The fourth-order valence-corrected chi connectivity index (χ4v) is 8.76. The molecule has 0 atom stereocenters. The van der Waals surface area contributed by atoms with Crippen LogP contribution in [0.2, 0.25) is 18.1 Å². The summed E-state index contributed by atoms with van der Waals surface area (Å²) >= 11 is 0. The molecule has 1 aliphatic carbocycles. The van der Waals surface area contributed by atoms with Gasteiger partial charge in [0.25, 0.3) is 0 Å². The highest BCUT2D eigenvalue weighted by Gasteiger charge is 2.30. The van der Waals surface area contributed by atoms with E-state index in [0.717, 1.165) is 36.2 Å². The van der Waals surface area contributed by atoms with Crippen molar-refractivity contribution < 1.29 is 8.78 Å². The topological polar surface area (TPSA) is 0 Å². The second kappa shape index (κ2) is 11.5. The van der Waals surface area contributed by atoms with Gasteiger partial charge < -0.3 is 0 Å². The lowest BCUT2D eigenvalue weighted by molar-refractivity contribution is 0.184. The molecule has 0 bridgehead atoms. The minimum atomic E-state index is -0.739. The highest BCUT2D eigenvalue weighted by Crippen LogP contribution is 2.42. The lowest BCUT2D eigenvalue weighted by Crippen LogP contribution is -2.28. The maximum absolute atomic E-state index is 13.3. The van der Waals surface area contributed by atoms with Gasteiger partial charge in [-0.25, -0.2) is 8.78 Å². The Balaban J connectivity index is 1.28. The molecule has 1 aliphatic heterocycles. The Morgan fingerprint density at radius 3 is 2.25 bits per heavy atom. The molecule has 1 saturated carbocycles. The fourth-order valence-electron chi connectivity index (χ4n) is 5.60. The summed E-state index contributed by atoms with van der Waals surface area (Å²) < 4.78 is 26.3. The zero-order valence-electron chi connectivity index (χ0n) is 17.8. The van der Waals surface area contributed by atoms with Crippen LogP contribution in [0.25, 0.3) is 0 Å². The van der Waals surface area contributed by atoms with Gasteiger partial charge in [0.2, 0.25) is 0 Å². The minimum Gasteiger partial charge on any atom is -0.204 e. The van der Waals surface area contributed by atoms with Crippen molar-refractivity contribution in [2.24, 2.45) is 17.8 Å². The molecule has 1 aromatic rings. The molecule has 1 heterocycles. The molecule has 0 unspecified atom stereocenters. The third-order valence-corrected chi connectivity index (χ3v) is 10.5. The van der Waals surface area contributed by atoms with E-state index in [4.69, 9.17) is 0 Å². The van der Waals surface area contributed by atoms with Crippen molar-refractivity contribution in [3.05, 3.63) is 35.4 Å². The van der Waals surface area contributed by atoms with Crippen LogP contribution in [0.5, 0.6) is 0 Å². The molecule has 0 aromatic heterocycles. The maximum atomic E-state index is 13.3.